The third-order valence-corrected chi connectivity index (χ3v) is 6.17. The lowest BCUT2D eigenvalue weighted by Crippen LogP contribution is -2.46. The van der Waals surface area contributed by atoms with Gasteiger partial charge in [-0.15, -0.1) is 0 Å². The van der Waals surface area contributed by atoms with E-state index >= 15 is 0 Å². The third-order valence-electron chi connectivity index (χ3n) is 5.93. The number of benzene rings is 3. The summed E-state index contributed by atoms with van der Waals surface area (Å²) in [7, 11) is 0. The van der Waals surface area contributed by atoms with Gasteiger partial charge in [0.25, 0.3) is 5.91 Å². The molecule has 1 aliphatic rings. The van der Waals surface area contributed by atoms with Crippen molar-refractivity contribution in [2.45, 2.75) is 25.9 Å². The Labute approximate surface area is 197 Å². The molecule has 3 aromatic carbocycles. The van der Waals surface area contributed by atoms with Crippen LogP contribution in [0.1, 0.15) is 27.8 Å². The maximum Gasteiger partial charge on any atom is 0.326 e. The molecule has 2 N–H and O–H groups in total. The molecule has 0 radical (unpaired) electrons. The number of halogens is 1. The van der Waals surface area contributed by atoms with Gasteiger partial charge in [0.05, 0.1) is 0 Å². The second-order valence-corrected chi connectivity index (χ2v) is 8.58. The molecule has 1 aliphatic heterocycles. The summed E-state index contributed by atoms with van der Waals surface area (Å²) < 4.78 is 0. The summed E-state index contributed by atoms with van der Waals surface area (Å²) in [6.07, 6.45) is 0. The first-order chi connectivity index (χ1) is 15.8. The minimum Gasteiger partial charge on any atom is -0.350 e. The lowest BCUT2D eigenvalue weighted by atomic mass is 9.81. The van der Waals surface area contributed by atoms with E-state index in [1.165, 1.54) is 0 Å². The molecule has 6 nitrogen and oxygen atoms in total. The van der Waals surface area contributed by atoms with E-state index in [0.717, 1.165) is 21.6 Å². The van der Waals surface area contributed by atoms with Crippen molar-refractivity contribution >= 4 is 29.4 Å². The number of nitrogens with one attached hydrogen (secondary N) is 2. The minimum absolute atomic E-state index is 0.240. The van der Waals surface area contributed by atoms with Crippen LogP contribution in [0.5, 0.6) is 0 Å². The van der Waals surface area contributed by atoms with Crippen LogP contribution in [0.15, 0.2) is 72.8 Å². The van der Waals surface area contributed by atoms with Gasteiger partial charge in [0.1, 0.15) is 6.54 Å². The van der Waals surface area contributed by atoms with E-state index in [2.05, 4.69) is 10.6 Å². The zero-order valence-corrected chi connectivity index (χ0v) is 19.1. The number of carbonyl (C=O) groups is 3. The van der Waals surface area contributed by atoms with Crippen LogP contribution >= 0.6 is 11.6 Å². The van der Waals surface area contributed by atoms with Crippen molar-refractivity contribution in [1.82, 2.24) is 15.5 Å². The number of amides is 4. The first kappa shape index (κ1) is 22.6. The van der Waals surface area contributed by atoms with Gasteiger partial charge in [-0.1, -0.05) is 72.3 Å². The molecule has 0 aliphatic carbocycles. The molecule has 1 saturated heterocycles. The fraction of sp³-hybridized carbons (Fsp3) is 0.192. The Hall–Kier alpha value is -3.64. The highest BCUT2D eigenvalue weighted by Crippen LogP contribution is 2.36. The molecular weight excluding hydrogens is 438 g/mol. The summed E-state index contributed by atoms with van der Waals surface area (Å²) in [5, 5.41) is 6.19. The molecule has 1 atom stereocenters. The van der Waals surface area contributed by atoms with Gasteiger partial charge in [0, 0.05) is 11.6 Å². The smallest absolute Gasteiger partial charge is 0.326 e. The van der Waals surface area contributed by atoms with E-state index in [-0.39, 0.29) is 13.1 Å². The highest BCUT2D eigenvalue weighted by atomic mass is 35.5. The Kier molecular flexibility index (Phi) is 6.20. The molecule has 33 heavy (non-hydrogen) atoms. The average molecular weight is 462 g/mol. The van der Waals surface area contributed by atoms with Crippen molar-refractivity contribution in [3.63, 3.8) is 0 Å². The Morgan fingerprint density at radius 1 is 0.939 bits per heavy atom. The highest BCUT2D eigenvalue weighted by Gasteiger charge is 2.54. The molecule has 0 unspecified atom stereocenters. The quantitative estimate of drug-likeness (QED) is 0.543. The van der Waals surface area contributed by atoms with E-state index in [1.807, 2.05) is 56.3 Å². The van der Waals surface area contributed by atoms with Gasteiger partial charge in [-0.2, -0.15) is 0 Å². The fourth-order valence-corrected chi connectivity index (χ4v) is 4.20. The number of rotatable bonds is 6. The molecule has 168 valence electrons. The largest absolute Gasteiger partial charge is 0.350 e. The van der Waals surface area contributed by atoms with Crippen LogP contribution in [-0.4, -0.2) is 29.3 Å². The molecule has 4 amide bonds. The predicted octanol–water partition coefficient (Wildman–Crippen LogP) is 4.07. The van der Waals surface area contributed by atoms with Crippen molar-refractivity contribution < 1.29 is 14.4 Å². The van der Waals surface area contributed by atoms with Crippen molar-refractivity contribution in [1.29, 1.82) is 0 Å². The molecule has 1 fully saturated rings. The highest BCUT2D eigenvalue weighted by molar-refractivity contribution is 6.30. The Morgan fingerprint density at radius 3 is 2.39 bits per heavy atom. The number of hydrogen-bond acceptors (Lipinski definition) is 3. The van der Waals surface area contributed by atoms with Crippen molar-refractivity contribution in [3.05, 3.63) is 106 Å². The molecule has 1 heterocycles. The number of aryl methyl sites for hydroxylation is 2. The first-order valence-corrected chi connectivity index (χ1v) is 11.0. The van der Waals surface area contributed by atoms with Crippen LogP contribution < -0.4 is 10.6 Å². The van der Waals surface area contributed by atoms with Gasteiger partial charge in [-0.25, -0.2) is 4.79 Å². The summed E-state index contributed by atoms with van der Waals surface area (Å²) in [4.78, 5) is 40.3. The minimum atomic E-state index is -1.40. The van der Waals surface area contributed by atoms with Crippen LogP contribution in [0.3, 0.4) is 0 Å². The van der Waals surface area contributed by atoms with Crippen LogP contribution in [0.2, 0.25) is 5.02 Å². The van der Waals surface area contributed by atoms with Crippen molar-refractivity contribution in [2.24, 2.45) is 0 Å². The maximum atomic E-state index is 13.7. The Balaban J connectivity index is 1.61. The topological polar surface area (TPSA) is 78.5 Å². The number of carbonyl (C=O) groups excluding carboxylic acids is 3. The number of nitrogens with zero attached hydrogens (tertiary/aromatic N) is 1. The first-order valence-electron chi connectivity index (χ1n) is 10.6. The molecule has 7 heteroatoms. The van der Waals surface area contributed by atoms with E-state index in [0.29, 0.717) is 16.1 Å². The van der Waals surface area contributed by atoms with Gasteiger partial charge in [0.2, 0.25) is 5.91 Å². The van der Waals surface area contributed by atoms with Gasteiger partial charge >= 0.3 is 6.03 Å². The lowest BCUT2D eigenvalue weighted by molar-refractivity contribution is -0.134. The zero-order valence-electron chi connectivity index (χ0n) is 18.4. The van der Waals surface area contributed by atoms with Crippen LogP contribution in [0.25, 0.3) is 0 Å². The van der Waals surface area contributed by atoms with E-state index < -0.39 is 23.4 Å². The Bertz CT molecular complexity index is 1230. The summed E-state index contributed by atoms with van der Waals surface area (Å²) in [6, 6.07) is 21.3. The van der Waals surface area contributed by atoms with E-state index in [4.69, 9.17) is 11.6 Å². The number of hydrogen-bond donors (Lipinski definition) is 2. The van der Waals surface area contributed by atoms with Crippen LogP contribution in [0.4, 0.5) is 4.79 Å². The molecule has 0 spiro atoms. The summed E-state index contributed by atoms with van der Waals surface area (Å²) >= 11 is 5.99. The van der Waals surface area contributed by atoms with Gasteiger partial charge in [-0.3, -0.25) is 14.5 Å². The number of urea groups is 1. The SMILES string of the molecule is Cc1ccc([C@]2(c3ccccc3)NC(=O)N(CC(=O)NCc3cccc(Cl)c3)C2=O)cc1C. The normalized spacial score (nSPS) is 17.7. The second-order valence-electron chi connectivity index (χ2n) is 8.14. The summed E-state index contributed by atoms with van der Waals surface area (Å²) in [5.74, 6) is -0.928. The summed E-state index contributed by atoms with van der Waals surface area (Å²) in [5.41, 5.74) is 2.79. The zero-order chi connectivity index (χ0) is 23.6. The summed E-state index contributed by atoms with van der Waals surface area (Å²) in [6.45, 7) is 3.80. The standard InChI is InChI=1S/C26H24ClN3O3/c1-17-11-12-21(13-18(17)2)26(20-8-4-3-5-9-20)24(32)30(25(33)29-26)16-23(31)28-15-19-7-6-10-22(27)14-19/h3-14H,15-16H2,1-2H3,(H,28,31)(H,29,33)/t26-/m0/s1. The second kappa shape index (κ2) is 9.08. The third kappa shape index (κ3) is 4.34. The fourth-order valence-electron chi connectivity index (χ4n) is 3.99. The van der Waals surface area contributed by atoms with Crippen molar-refractivity contribution in [3.8, 4) is 0 Å². The molecular formula is C26H24ClN3O3. The van der Waals surface area contributed by atoms with Gasteiger partial charge in [0.15, 0.2) is 5.54 Å². The van der Waals surface area contributed by atoms with Crippen LogP contribution in [0, 0.1) is 13.8 Å². The molecule has 0 aromatic heterocycles. The van der Waals surface area contributed by atoms with Crippen LogP contribution in [-0.2, 0) is 21.7 Å². The van der Waals surface area contributed by atoms with E-state index in [1.54, 1.807) is 30.3 Å². The Morgan fingerprint density at radius 2 is 1.70 bits per heavy atom. The number of imide groups is 1. The predicted molar refractivity (Wildman–Crippen MR) is 127 cm³/mol. The van der Waals surface area contributed by atoms with E-state index in [9.17, 15) is 14.4 Å². The average Bonchev–Trinajstić information content (AvgIpc) is 3.06. The molecule has 0 saturated carbocycles. The van der Waals surface area contributed by atoms with Crippen molar-refractivity contribution in [2.75, 3.05) is 6.54 Å². The monoisotopic (exact) mass is 461 g/mol. The molecule has 0 bridgehead atoms. The molecule has 4 rings (SSSR count). The van der Waals surface area contributed by atoms with Gasteiger partial charge in [-0.05, 0) is 53.8 Å². The van der Waals surface area contributed by atoms with Gasteiger partial charge < -0.3 is 10.6 Å². The lowest BCUT2D eigenvalue weighted by Gasteiger charge is -2.28. The maximum absolute atomic E-state index is 13.7. The molecule has 3 aromatic rings.